The number of benzene rings is 1. The average molecular weight is 207 g/mol. The van der Waals surface area contributed by atoms with Gasteiger partial charge in [-0.2, -0.15) is 0 Å². The summed E-state index contributed by atoms with van der Waals surface area (Å²) in [6, 6.07) is 8.80. The summed E-state index contributed by atoms with van der Waals surface area (Å²) >= 11 is 0. The number of nitrogens with one attached hydrogen (secondary N) is 1. The summed E-state index contributed by atoms with van der Waals surface area (Å²) in [4.78, 5) is 0. The first-order chi connectivity index (χ1) is 7.25. The topological polar surface area (TPSA) is 12.0 Å². The molecule has 1 aliphatic rings. The van der Waals surface area contributed by atoms with Crippen LogP contribution in [0.25, 0.3) is 0 Å². The fourth-order valence-corrected chi connectivity index (χ4v) is 2.23. The summed E-state index contributed by atoms with van der Waals surface area (Å²) in [5.74, 6) is 0. The van der Waals surface area contributed by atoms with Gasteiger partial charge in [0, 0.05) is 12.5 Å². The van der Waals surface area contributed by atoms with E-state index in [1.807, 2.05) is 12.1 Å². The Bertz CT molecular complexity index is 316. The van der Waals surface area contributed by atoms with Crippen LogP contribution in [0.15, 0.2) is 24.3 Å². The van der Waals surface area contributed by atoms with Crippen LogP contribution in [-0.4, -0.2) is 12.7 Å². The molecule has 0 bridgehead atoms. The Morgan fingerprint density at radius 2 is 2.40 bits per heavy atom. The van der Waals surface area contributed by atoms with E-state index in [-0.39, 0.29) is 0 Å². The highest BCUT2D eigenvalue weighted by atomic mass is 19.1. The second-order valence-corrected chi connectivity index (χ2v) is 4.38. The maximum absolute atomic E-state index is 12.9. The van der Waals surface area contributed by atoms with Crippen molar-refractivity contribution >= 4 is 0 Å². The molecular weight excluding hydrogens is 189 g/mol. The van der Waals surface area contributed by atoms with Crippen LogP contribution < -0.4 is 5.32 Å². The van der Waals surface area contributed by atoms with Gasteiger partial charge in [0.25, 0.3) is 0 Å². The Labute approximate surface area is 90.7 Å². The third-order valence-electron chi connectivity index (χ3n) is 2.93. The summed E-state index contributed by atoms with van der Waals surface area (Å²) in [6.07, 6.45) is 2.22. The van der Waals surface area contributed by atoms with Crippen LogP contribution in [0.3, 0.4) is 0 Å². The molecule has 2 unspecified atom stereocenters. The van der Waals surface area contributed by atoms with Crippen molar-refractivity contribution < 1.29 is 4.39 Å². The Morgan fingerprint density at radius 1 is 1.53 bits per heavy atom. The van der Waals surface area contributed by atoms with E-state index in [9.17, 15) is 4.39 Å². The van der Waals surface area contributed by atoms with E-state index in [2.05, 4.69) is 17.4 Å². The van der Waals surface area contributed by atoms with E-state index in [1.54, 1.807) is 6.92 Å². The molecule has 1 fully saturated rings. The molecule has 0 aromatic heterocycles. The molecular formula is C13H18FN. The van der Waals surface area contributed by atoms with Crippen LogP contribution in [0.1, 0.15) is 36.9 Å². The highest BCUT2D eigenvalue weighted by Gasteiger charge is 2.16. The molecule has 2 heteroatoms. The fraction of sp³-hybridized carbons (Fsp3) is 0.538. The minimum atomic E-state index is -0.753. The van der Waals surface area contributed by atoms with Gasteiger partial charge in [0.05, 0.1) is 0 Å². The van der Waals surface area contributed by atoms with Crippen molar-refractivity contribution in [3.63, 3.8) is 0 Å². The summed E-state index contributed by atoms with van der Waals surface area (Å²) in [7, 11) is 0. The Hall–Kier alpha value is -0.890. The largest absolute Gasteiger partial charge is 0.310 e. The van der Waals surface area contributed by atoms with E-state index < -0.39 is 6.17 Å². The highest BCUT2D eigenvalue weighted by molar-refractivity contribution is 5.27. The molecule has 1 heterocycles. The van der Waals surface area contributed by atoms with Gasteiger partial charge in [0.2, 0.25) is 0 Å². The molecule has 0 spiro atoms. The van der Waals surface area contributed by atoms with Crippen LogP contribution >= 0.6 is 0 Å². The van der Waals surface area contributed by atoms with Crippen molar-refractivity contribution in [2.75, 3.05) is 6.54 Å². The van der Waals surface area contributed by atoms with Crippen LogP contribution in [0.2, 0.25) is 0 Å². The minimum absolute atomic E-state index is 0.486. The quantitative estimate of drug-likeness (QED) is 0.803. The van der Waals surface area contributed by atoms with Gasteiger partial charge in [-0.05, 0) is 37.4 Å². The SMILES string of the molecule is CC(F)Cc1cccc(C2CCCN2)c1. The van der Waals surface area contributed by atoms with Crippen molar-refractivity contribution in [2.45, 2.75) is 38.4 Å². The van der Waals surface area contributed by atoms with Crippen LogP contribution in [-0.2, 0) is 6.42 Å². The Morgan fingerprint density at radius 3 is 3.07 bits per heavy atom. The van der Waals surface area contributed by atoms with E-state index in [0.29, 0.717) is 12.5 Å². The third-order valence-corrected chi connectivity index (χ3v) is 2.93. The van der Waals surface area contributed by atoms with Gasteiger partial charge < -0.3 is 5.32 Å². The number of halogens is 1. The first-order valence-electron chi connectivity index (χ1n) is 5.72. The first-order valence-corrected chi connectivity index (χ1v) is 5.72. The minimum Gasteiger partial charge on any atom is -0.310 e. The summed E-state index contributed by atoms with van der Waals surface area (Å²) in [5, 5.41) is 3.46. The van der Waals surface area contributed by atoms with Crippen molar-refractivity contribution in [2.24, 2.45) is 0 Å². The van der Waals surface area contributed by atoms with Gasteiger partial charge >= 0.3 is 0 Å². The molecule has 2 atom stereocenters. The molecule has 15 heavy (non-hydrogen) atoms. The van der Waals surface area contributed by atoms with Crippen LogP contribution in [0.5, 0.6) is 0 Å². The van der Waals surface area contributed by atoms with Crippen molar-refractivity contribution in [3.8, 4) is 0 Å². The lowest BCUT2D eigenvalue weighted by Gasteiger charge is -2.12. The zero-order valence-electron chi connectivity index (χ0n) is 9.17. The number of rotatable bonds is 3. The number of alkyl halides is 1. The Balaban J connectivity index is 2.11. The standard InChI is InChI=1S/C13H18FN/c1-10(14)8-11-4-2-5-12(9-11)13-6-3-7-15-13/h2,4-5,9-10,13,15H,3,6-8H2,1H3. The number of hydrogen-bond donors (Lipinski definition) is 1. The summed E-state index contributed by atoms with van der Waals surface area (Å²) < 4.78 is 12.9. The molecule has 0 saturated carbocycles. The van der Waals surface area contributed by atoms with E-state index in [1.165, 1.54) is 18.4 Å². The maximum Gasteiger partial charge on any atom is 0.101 e. The predicted octanol–water partition coefficient (Wildman–Crippen LogP) is 3.01. The van der Waals surface area contributed by atoms with Gasteiger partial charge in [0.15, 0.2) is 0 Å². The number of hydrogen-bond acceptors (Lipinski definition) is 1. The zero-order chi connectivity index (χ0) is 10.7. The molecule has 82 valence electrons. The van der Waals surface area contributed by atoms with Gasteiger partial charge in [0.1, 0.15) is 6.17 Å². The highest BCUT2D eigenvalue weighted by Crippen LogP contribution is 2.23. The summed E-state index contributed by atoms with van der Waals surface area (Å²) in [6.45, 7) is 2.72. The normalized spacial score (nSPS) is 22.9. The van der Waals surface area contributed by atoms with Crippen LogP contribution in [0, 0.1) is 0 Å². The van der Waals surface area contributed by atoms with Gasteiger partial charge in [-0.3, -0.25) is 0 Å². The average Bonchev–Trinajstić information content (AvgIpc) is 2.69. The zero-order valence-corrected chi connectivity index (χ0v) is 9.17. The lowest BCUT2D eigenvalue weighted by atomic mass is 10.0. The Kier molecular flexibility index (Phi) is 3.37. The first kappa shape index (κ1) is 10.6. The molecule has 2 rings (SSSR count). The fourth-order valence-electron chi connectivity index (χ4n) is 2.23. The van der Waals surface area contributed by atoms with E-state index in [4.69, 9.17) is 0 Å². The van der Waals surface area contributed by atoms with Crippen molar-refractivity contribution in [1.29, 1.82) is 0 Å². The van der Waals surface area contributed by atoms with E-state index >= 15 is 0 Å². The molecule has 1 aromatic carbocycles. The summed E-state index contributed by atoms with van der Waals surface area (Å²) in [5.41, 5.74) is 2.42. The van der Waals surface area contributed by atoms with Gasteiger partial charge in [-0.15, -0.1) is 0 Å². The molecule has 0 radical (unpaired) electrons. The van der Waals surface area contributed by atoms with Crippen molar-refractivity contribution in [1.82, 2.24) is 5.32 Å². The lowest BCUT2D eigenvalue weighted by molar-refractivity contribution is 0.360. The maximum atomic E-state index is 12.9. The third kappa shape index (κ3) is 2.78. The smallest absolute Gasteiger partial charge is 0.101 e. The van der Waals surface area contributed by atoms with E-state index in [0.717, 1.165) is 12.1 Å². The van der Waals surface area contributed by atoms with Gasteiger partial charge in [-0.25, -0.2) is 4.39 Å². The molecule has 1 aliphatic heterocycles. The molecule has 1 N–H and O–H groups in total. The van der Waals surface area contributed by atoms with Crippen LogP contribution in [0.4, 0.5) is 4.39 Å². The molecule has 1 saturated heterocycles. The lowest BCUT2D eigenvalue weighted by Crippen LogP contribution is -2.13. The molecule has 0 amide bonds. The van der Waals surface area contributed by atoms with Gasteiger partial charge in [-0.1, -0.05) is 24.3 Å². The second kappa shape index (κ2) is 4.75. The second-order valence-electron chi connectivity index (χ2n) is 4.38. The molecule has 1 aromatic rings. The monoisotopic (exact) mass is 207 g/mol. The molecule has 1 nitrogen and oxygen atoms in total. The van der Waals surface area contributed by atoms with Crippen molar-refractivity contribution in [3.05, 3.63) is 35.4 Å². The molecule has 0 aliphatic carbocycles. The predicted molar refractivity (Wildman–Crippen MR) is 60.7 cm³/mol.